The highest BCUT2D eigenvalue weighted by molar-refractivity contribution is 5.94. The second-order valence-electron chi connectivity index (χ2n) is 4.01. The van der Waals surface area contributed by atoms with Gasteiger partial charge in [0.25, 0.3) is 0 Å². The van der Waals surface area contributed by atoms with Crippen LogP contribution >= 0.6 is 0 Å². The molecule has 0 radical (unpaired) electrons. The zero-order valence-electron chi connectivity index (χ0n) is 11.1. The van der Waals surface area contributed by atoms with Crippen molar-refractivity contribution in [3.8, 4) is 6.07 Å². The van der Waals surface area contributed by atoms with Gasteiger partial charge in [0.05, 0.1) is 12.7 Å². The smallest absolute Gasteiger partial charge is 0.337 e. The molecule has 0 aliphatic carbocycles. The number of nitriles is 1. The summed E-state index contributed by atoms with van der Waals surface area (Å²) in [5.41, 5.74) is 0.784. The van der Waals surface area contributed by atoms with Gasteiger partial charge in [-0.1, -0.05) is 6.07 Å². The summed E-state index contributed by atoms with van der Waals surface area (Å²) in [6, 6.07) is 8.17. The lowest BCUT2D eigenvalue weighted by atomic mass is 10.2. The first kappa shape index (κ1) is 14.2. The van der Waals surface area contributed by atoms with Crippen LogP contribution in [0.15, 0.2) is 30.6 Å². The topological polar surface area (TPSA) is 110 Å². The number of ether oxygens (including phenoxy) is 1. The van der Waals surface area contributed by atoms with Gasteiger partial charge in [-0.2, -0.15) is 5.26 Å². The predicted octanol–water partition coefficient (Wildman–Crippen LogP) is 0.575. The molecule has 0 aliphatic heterocycles. The van der Waals surface area contributed by atoms with E-state index in [1.54, 1.807) is 18.2 Å². The van der Waals surface area contributed by atoms with Crippen LogP contribution in [-0.2, 0) is 16.1 Å². The highest BCUT2D eigenvalue weighted by Gasteiger charge is 2.10. The van der Waals surface area contributed by atoms with Crippen LogP contribution in [0.25, 0.3) is 0 Å². The van der Waals surface area contributed by atoms with Crippen molar-refractivity contribution in [2.24, 2.45) is 0 Å². The van der Waals surface area contributed by atoms with Gasteiger partial charge in [-0.3, -0.25) is 9.36 Å². The lowest BCUT2D eigenvalue weighted by Gasteiger charge is -2.07. The van der Waals surface area contributed by atoms with Crippen LogP contribution in [0, 0.1) is 11.3 Å². The predicted molar refractivity (Wildman–Crippen MR) is 71.1 cm³/mol. The first-order chi connectivity index (χ1) is 10.1. The molecule has 0 spiro atoms. The summed E-state index contributed by atoms with van der Waals surface area (Å²) in [5, 5.41) is 18.5. The van der Waals surface area contributed by atoms with Crippen molar-refractivity contribution in [1.29, 1.82) is 5.26 Å². The molecule has 0 unspecified atom stereocenters. The molecule has 1 amide bonds. The molecule has 1 aromatic heterocycles. The summed E-state index contributed by atoms with van der Waals surface area (Å²) >= 11 is 0. The monoisotopic (exact) mass is 285 g/mol. The highest BCUT2D eigenvalue weighted by atomic mass is 16.5. The maximum absolute atomic E-state index is 11.9. The van der Waals surface area contributed by atoms with E-state index in [0.29, 0.717) is 11.3 Å². The quantitative estimate of drug-likeness (QED) is 0.822. The fourth-order valence-corrected chi connectivity index (χ4v) is 1.65. The van der Waals surface area contributed by atoms with Gasteiger partial charge in [0.15, 0.2) is 0 Å². The lowest BCUT2D eigenvalue weighted by molar-refractivity contribution is -0.116. The standard InChI is InChI=1S/C13H11N5O3/c1-21-13(20)9-3-2-4-10(5-9)16-12(19)7-18-8-15-17-11(18)6-14/h2-5,8H,7H2,1H3,(H,16,19). The molecule has 1 aromatic carbocycles. The zero-order chi connectivity index (χ0) is 15.2. The van der Waals surface area contributed by atoms with E-state index >= 15 is 0 Å². The van der Waals surface area contributed by atoms with E-state index in [1.807, 2.05) is 6.07 Å². The van der Waals surface area contributed by atoms with Crippen molar-refractivity contribution in [3.63, 3.8) is 0 Å². The Bertz CT molecular complexity index is 717. The molecule has 8 heteroatoms. The summed E-state index contributed by atoms with van der Waals surface area (Å²) in [7, 11) is 1.28. The number of carbonyl (C=O) groups is 2. The third-order valence-electron chi connectivity index (χ3n) is 2.60. The summed E-state index contributed by atoms with van der Waals surface area (Å²) in [6.45, 7) is -0.0989. The molecule has 2 rings (SSSR count). The van der Waals surface area contributed by atoms with Crippen LogP contribution in [0.1, 0.15) is 16.2 Å². The second kappa shape index (κ2) is 6.29. The number of nitrogens with zero attached hydrogens (tertiary/aromatic N) is 4. The Morgan fingerprint density at radius 2 is 2.29 bits per heavy atom. The number of nitrogens with one attached hydrogen (secondary N) is 1. The zero-order valence-corrected chi connectivity index (χ0v) is 11.1. The maximum atomic E-state index is 11.9. The Morgan fingerprint density at radius 1 is 1.48 bits per heavy atom. The van der Waals surface area contributed by atoms with Gasteiger partial charge in [-0.15, -0.1) is 10.2 Å². The number of methoxy groups -OCH3 is 1. The van der Waals surface area contributed by atoms with Gasteiger partial charge < -0.3 is 10.1 Å². The molecule has 8 nitrogen and oxygen atoms in total. The van der Waals surface area contributed by atoms with E-state index < -0.39 is 5.97 Å². The fourth-order valence-electron chi connectivity index (χ4n) is 1.65. The SMILES string of the molecule is COC(=O)c1cccc(NC(=O)Cn2cnnc2C#N)c1. The molecule has 0 saturated heterocycles. The third kappa shape index (κ3) is 3.42. The molecule has 0 atom stereocenters. The largest absolute Gasteiger partial charge is 0.465 e. The summed E-state index contributed by atoms with van der Waals surface area (Å²) < 4.78 is 5.92. The summed E-state index contributed by atoms with van der Waals surface area (Å²) in [5.74, 6) is -0.807. The van der Waals surface area contributed by atoms with Gasteiger partial charge in [0.1, 0.15) is 18.9 Å². The number of carbonyl (C=O) groups excluding carboxylic acids is 2. The van der Waals surface area contributed by atoms with Crippen LogP contribution in [-0.4, -0.2) is 33.8 Å². The highest BCUT2D eigenvalue weighted by Crippen LogP contribution is 2.11. The molecule has 2 aromatic rings. The van der Waals surface area contributed by atoms with Crippen LogP contribution in [0.3, 0.4) is 0 Å². The molecule has 1 N–H and O–H groups in total. The van der Waals surface area contributed by atoms with Gasteiger partial charge >= 0.3 is 5.97 Å². The minimum absolute atomic E-state index is 0.0495. The van der Waals surface area contributed by atoms with E-state index in [1.165, 1.54) is 24.1 Å². The molecule has 106 valence electrons. The first-order valence-electron chi connectivity index (χ1n) is 5.90. The van der Waals surface area contributed by atoms with E-state index in [-0.39, 0.29) is 18.3 Å². The summed E-state index contributed by atoms with van der Waals surface area (Å²) in [6.07, 6.45) is 1.29. The Morgan fingerprint density at radius 3 is 3.00 bits per heavy atom. The Hall–Kier alpha value is -3.21. The molecule has 0 aliphatic rings. The number of benzene rings is 1. The van der Waals surface area contributed by atoms with Crippen LogP contribution < -0.4 is 5.32 Å². The van der Waals surface area contributed by atoms with Crippen molar-refractivity contribution >= 4 is 17.6 Å². The third-order valence-corrected chi connectivity index (χ3v) is 2.60. The number of hydrogen-bond donors (Lipinski definition) is 1. The average molecular weight is 285 g/mol. The van der Waals surface area contributed by atoms with E-state index in [2.05, 4.69) is 20.3 Å². The second-order valence-corrected chi connectivity index (χ2v) is 4.01. The number of hydrogen-bond acceptors (Lipinski definition) is 6. The Balaban J connectivity index is 2.06. The van der Waals surface area contributed by atoms with Gasteiger partial charge in [0, 0.05) is 5.69 Å². The van der Waals surface area contributed by atoms with Crippen molar-refractivity contribution in [2.45, 2.75) is 6.54 Å². The van der Waals surface area contributed by atoms with Gasteiger partial charge in [-0.25, -0.2) is 4.79 Å². The number of amides is 1. The normalized spacial score (nSPS) is 9.71. The van der Waals surface area contributed by atoms with Crippen molar-refractivity contribution in [2.75, 3.05) is 12.4 Å². The van der Waals surface area contributed by atoms with E-state index in [0.717, 1.165) is 0 Å². The van der Waals surface area contributed by atoms with Crippen LogP contribution in [0.2, 0.25) is 0 Å². The van der Waals surface area contributed by atoms with Crippen LogP contribution in [0.4, 0.5) is 5.69 Å². The van der Waals surface area contributed by atoms with E-state index in [9.17, 15) is 9.59 Å². The minimum Gasteiger partial charge on any atom is -0.465 e. The Kier molecular flexibility index (Phi) is 4.26. The van der Waals surface area contributed by atoms with Crippen molar-refractivity contribution in [3.05, 3.63) is 42.0 Å². The molecule has 1 heterocycles. The number of aromatic nitrogens is 3. The molecular weight excluding hydrogens is 274 g/mol. The van der Waals surface area contributed by atoms with Crippen molar-refractivity contribution < 1.29 is 14.3 Å². The summed E-state index contributed by atoms with van der Waals surface area (Å²) in [4.78, 5) is 23.3. The lowest BCUT2D eigenvalue weighted by Crippen LogP contribution is -2.19. The molecule has 0 bridgehead atoms. The number of esters is 1. The molecular formula is C13H11N5O3. The van der Waals surface area contributed by atoms with Crippen LogP contribution in [0.5, 0.6) is 0 Å². The first-order valence-corrected chi connectivity index (χ1v) is 5.90. The van der Waals surface area contributed by atoms with Gasteiger partial charge in [0.2, 0.25) is 11.7 Å². The molecule has 21 heavy (non-hydrogen) atoms. The minimum atomic E-state index is -0.489. The van der Waals surface area contributed by atoms with E-state index in [4.69, 9.17) is 5.26 Å². The molecule has 0 saturated carbocycles. The Labute approximate surface area is 120 Å². The average Bonchev–Trinajstić information content (AvgIpc) is 2.93. The molecule has 0 fully saturated rings. The number of anilines is 1. The fraction of sp³-hybridized carbons (Fsp3) is 0.154. The van der Waals surface area contributed by atoms with Crippen molar-refractivity contribution in [1.82, 2.24) is 14.8 Å². The number of rotatable bonds is 4. The van der Waals surface area contributed by atoms with Gasteiger partial charge in [-0.05, 0) is 18.2 Å². The maximum Gasteiger partial charge on any atom is 0.337 e.